The summed E-state index contributed by atoms with van der Waals surface area (Å²) < 4.78 is 28.6. The van der Waals surface area contributed by atoms with Crippen LogP contribution < -0.4 is 4.72 Å². The number of aryl methyl sites for hydroxylation is 1. The molecule has 0 spiro atoms. The van der Waals surface area contributed by atoms with E-state index in [0.717, 1.165) is 25.7 Å². The van der Waals surface area contributed by atoms with Gasteiger partial charge in [-0.3, -0.25) is 0 Å². The topological polar surface area (TPSA) is 76.9 Å². The molecule has 1 heterocycles. The summed E-state index contributed by atoms with van der Waals surface area (Å²) in [6.45, 7) is 0. The Morgan fingerprint density at radius 3 is 2.50 bits per heavy atom. The van der Waals surface area contributed by atoms with Crippen LogP contribution in [0.1, 0.15) is 25.7 Å². The molecule has 0 amide bonds. The second-order valence-corrected chi connectivity index (χ2v) is 7.38. The molecular weight excluding hydrogens is 344 g/mol. The van der Waals surface area contributed by atoms with Crippen LogP contribution in [0.2, 0.25) is 0 Å². The van der Waals surface area contributed by atoms with Crippen LogP contribution in [0.15, 0.2) is 9.63 Å². The number of nitrogens with one attached hydrogen (secondary N) is 1. The third kappa shape index (κ3) is 3.04. The van der Waals surface area contributed by atoms with Gasteiger partial charge in [0.2, 0.25) is 5.03 Å². The molecule has 6 nitrogen and oxygen atoms in total. The molecule has 1 fully saturated rings. The lowest BCUT2D eigenvalue weighted by molar-refractivity contribution is 0.415. The molecule has 0 saturated heterocycles. The Bertz CT molecular complexity index is 505. The second kappa shape index (κ2) is 5.44. The summed E-state index contributed by atoms with van der Waals surface area (Å²) in [6, 6.07) is -0.0631. The molecule has 0 unspecified atom stereocenters. The van der Waals surface area contributed by atoms with Crippen molar-refractivity contribution < 1.29 is 8.42 Å². The third-order valence-corrected chi connectivity index (χ3v) is 5.81. The predicted octanol–water partition coefficient (Wildman–Crippen LogP) is 1.41. The van der Waals surface area contributed by atoms with Crippen LogP contribution in [0.3, 0.4) is 0 Å². The van der Waals surface area contributed by atoms with Crippen LogP contribution in [0.25, 0.3) is 0 Å². The van der Waals surface area contributed by atoms with E-state index >= 15 is 0 Å². The van der Waals surface area contributed by atoms with Gasteiger partial charge in [-0.05, 0) is 41.6 Å². The number of hydrogen-bond acceptors (Lipinski definition) is 4. The third-order valence-electron chi connectivity index (χ3n) is 2.97. The van der Waals surface area contributed by atoms with Crippen molar-refractivity contribution in [2.45, 2.75) is 42.1 Å². The fraction of sp³-hybridized carbons (Fsp3) is 0.778. The normalized spacial score (nSPS) is 25.3. The quantitative estimate of drug-likeness (QED) is 0.830. The molecule has 1 aliphatic carbocycles. The first-order valence-corrected chi connectivity index (χ1v) is 8.33. The molecule has 1 aromatic heterocycles. The monoisotopic (exact) mass is 356 g/mol. The minimum Gasteiger partial charge on any atom is -0.235 e. The number of aromatic nitrogens is 3. The van der Waals surface area contributed by atoms with Crippen molar-refractivity contribution in [3.63, 3.8) is 0 Å². The molecule has 0 bridgehead atoms. The summed E-state index contributed by atoms with van der Waals surface area (Å²) in [5.74, 6) is 0. The summed E-state index contributed by atoms with van der Waals surface area (Å²) in [4.78, 5) is 0. The molecule has 18 heavy (non-hydrogen) atoms. The summed E-state index contributed by atoms with van der Waals surface area (Å²) in [5, 5.41) is 7.56. The summed E-state index contributed by atoms with van der Waals surface area (Å²) in [5.41, 5.74) is 0. The lowest BCUT2D eigenvalue weighted by Crippen LogP contribution is -2.38. The summed E-state index contributed by atoms with van der Waals surface area (Å²) in [6.07, 6.45) is 3.19. The highest BCUT2D eigenvalue weighted by molar-refractivity contribution is 9.10. The summed E-state index contributed by atoms with van der Waals surface area (Å²) in [7, 11) is -2.05. The molecule has 1 N–H and O–H groups in total. The van der Waals surface area contributed by atoms with E-state index in [1.807, 2.05) is 0 Å². The Morgan fingerprint density at radius 1 is 1.39 bits per heavy atom. The van der Waals surface area contributed by atoms with Crippen LogP contribution in [-0.4, -0.2) is 34.8 Å². The fourth-order valence-electron chi connectivity index (χ4n) is 2.05. The molecule has 1 saturated carbocycles. The van der Waals surface area contributed by atoms with Crippen molar-refractivity contribution >= 4 is 37.6 Å². The Morgan fingerprint density at radius 2 is 2.00 bits per heavy atom. The number of sulfonamides is 1. The Kier molecular flexibility index (Phi) is 4.30. The molecule has 0 radical (unpaired) electrons. The Hall–Kier alpha value is -0.180. The number of halogens is 2. The molecule has 0 aliphatic heterocycles. The van der Waals surface area contributed by atoms with Crippen molar-refractivity contribution in [1.82, 2.24) is 19.7 Å². The first kappa shape index (κ1) is 14.2. The molecule has 0 aromatic carbocycles. The van der Waals surface area contributed by atoms with E-state index in [2.05, 4.69) is 31.0 Å². The number of hydrogen-bond donors (Lipinski definition) is 1. The van der Waals surface area contributed by atoms with Gasteiger partial charge in [0.1, 0.15) is 0 Å². The van der Waals surface area contributed by atoms with Crippen LogP contribution in [0.5, 0.6) is 0 Å². The van der Waals surface area contributed by atoms with Crippen molar-refractivity contribution in [2.75, 3.05) is 0 Å². The first-order valence-electron chi connectivity index (χ1n) is 5.61. The molecular formula is C9H14BrClN4O2S. The maximum absolute atomic E-state index is 12.2. The minimum absolute atomic E-state index is 0.0514. The number of rotatable bonds is 3. The van der Waals surface area contributed by atoms with Gasteiger partial charge in [0.05, 0.1) is 0 Å². The number of nitrogens with zero attached hydrogens (tertiary/aromatic N) is 3. The molecule has 0 atom stereocenters. The maximum Gasteiger partial charge on any atom is 0.260 e. The van der Waals surface area contributed by atoms with Gasteiger partial charge in [0.25, 0.3) is 10.0 Å². The highest BCUT2D eigenvalue weighted by Gasteiger charge is 2.29. The van der Waals surface area contributed by atoms with E-state index in [1.54, 1.807) is 7.05 Å². The van der Waals surface area contributed by atoms with Gasteiger partial charge in [0.15, 0.2) is 4.60 Å². The van der Waals surface area contributed by atoms with Gasteiger partial charge in [0, 0.05) is 18.5 Å². The zero-order chi connectivity index (χ0) is 13.3. The molecule has 1 aromatic rings. The molecule has 102 valence electrons. The number of alkyl halides is 1. The van der Waals surface area contributed by atoms with Gasteiger partial charge in [-0.2, -0.15) is 0 Å². The average molecular weight is 358 g/mol. The van der Waals surface area contributed by atoms with Gasteiger partial charge < -0.3 is 0 Å². The van der Waals surface area contributed by atoms with E-state index in [4.69, 9.17) is 11.6 Å². The largest absolute Gasteiger partial charge is 0.260 e. The SMILES string of the molecule is Cn1nnc(Br)c1S(=O)(=O)NC1CCC(Cl)CC1. The van der Waals surface area contributed by atoms with E-state index in [1.165, 1.54) is 4.68 Å². The van der Waals surface area contributed by atoms with E-state index in [0.29, 0.717) is 0 Å². The van der Waals surface area contributed by atoms with Crippen molar-refractivity contribution in [2.24, 2.45) is 7.05 Å². The van der Waals surface area contributed by atoms with Crippen molar-refractivity contribution in [3.8, 4) is 0 Å². The van der Waals surface area contributed by atoms with Gasteiger partial charge in [-0.25, -0.2) is 17.8 Å². The second-order valence-electron chi connectivity index (χ2n) is 4.38. The zero-order valence-corrected chi connectivity index (χ0v) is 13.0. The first-order chi connectivity index (χ1) is 8.40. The van der Waals surface area contributed by atoms with E-state index in [9.17, 15) is 8.42 Å². The van der Waals surface area contributed by atoms with Crippen LogP contribution >= 0.6 is 27.5 Å². The Balaban J connectivity index is 2.13. The van der Waals surface area contributed by atoms with Crippen molar-refractivity contribution in [1.29, 1.82) is 0 Å². The van der Waals surface area contributed by atoms with Crippen LogP contribution in [0, 0.1) is 0 Å². The van der Waals surface area contributed by atoms with Crippen molar-refractivity contribution in [3.05, 3.63) is 4.60 Å². The molecule has 2 rings (SSSR count). The van der Waals surface area contributed by atoms with E-state index < -0.39 is 10.0 Å². The maximum atomic E-state index is 12.2. The van der Waals surface area contributed by atoms with Crippen LogP contribution in [0.4, 0.5) is 0 Å². The smallest absolute Gasteiger partial charge is 0.235 e. The highest BCUT2D eigenvalue weighted by Crippen LogP contribution is 2.25. The molecule has 9 heteroatoms. The zero-order valence-electron chi connectivity index (χ0n) is 9.81. The predicted molar refractivity (Wildman–Crippen MR) is 70.9 cm³/mol. The van der Waals surface area contributed by atoms with E-state index in [-0.39, 0.29) is 21.0 Å². The Labute approximate surface area is 119 Å². The van der Waals surface area contributed by atoms with Gasteiger partial charge >= 0.3 is 0 Å². The summed E-state index contributed by atoms with van der Waals surface area (Å²) >= 11 is 9.09. The molecule has 1 aliphatic rings. The fourth-order valence-corrected chi connectivity index (χ4v) is 4.71. The average Bonchev–Trinajstić information content (AvgIpc) is 2.62. The standard InChI is InChI=1S/C9H14BrClN4O2S/c1-15-9(8(10)12-14-15)18(16,17)13-7-4-2-6(11)3-5-7/h6-7,13H,2-5H2,1H3. The minimum atomic E-state index is -3.60. The van der Waals surface area contributed by atoms with Gasteiger partial charge in [-0.1, -0.05) is 5.21 Å². The lowest BCUT2D eigenvalue weighted by Gasteiger charge is -2.25. The highest BCUT2D eigenvalue weighted by atomic mass is 79.9. The van der Waals surface area contributed by atoms with Gasteiger partial charge in [-0.15, -0.1) is 16.7 Å². The van der Waals surface area contributed by atoms with Crippen LogP contribution in [-0.2, 0) is 17.1 Å². The lowest BCUT2D eigenvalue weighted by atomic mass is 9.96.